The van der Waals surface area contributed by atoms with E-state index in [-0.39, 0.29) is 11.3 Å². The van der Waals surface area contributed by atoms with Gasteiger partial charge in [-0.05, 0) is 87.9 Å². The number of rotatable bonds is 7. The van der Waals surface area contributed by atoms with Crippen LogP contribution in [-0.2, 0) is 11.0 Å². The molecule has 0 radical (unpaired) electrons. The van der Waals surface area contributed by atoms with Crippen molar-refractivity contribution in [2.45, 2.75) is 33.9 Å². The van der Waals surface area contributed by atoms with E-state index in [1.165, 1.54) is 18.2 Å². The number of nitrogens with zero attached hydrogens (tertiary/aromatic N) is 3. The number of nitriles is 1. The van der Waals surface area contributed by atoms with Crippen LogP contribution < -0.4 is 10.2 Å². The standard InChI is InChI=1S/C27H27F3N4O/c1-5-33(6-2)24-10-12-25(13-11-24)34-18(3)14-20(19(34)4)15-21(17-31)26(35)32-23-9-7-8-22(16-23)27(28,29)30/h7-16H,5-6H2,1-4H3,(H,32,35)/b21-15-. The summed E-state index contributed by atoms with van der Waals surface area (Å²) in [6.45, 7) is 9.84. The molecule has 0 aliphatic carbocycles. The molecule has 1 N–H and O–H groups in total. The molecule has 182 valence electrons. The van der Waals surface area contributed by atoms with E-state index in [0.29, 0.717) is 5.56 Å². The van der Waals surface area contributed by atoms with Crippen molar-refractivity contribution in [2.24, 2.45) is 0 Å². The molecule has 35 heavy (non-hydrogen) atoms. The van der Waals surface area contributed by atoms with Gasteiger partial charge in [0.05, 0.1) is 5.56 Å². The summed E-state index contributed by atoms with van der Waals surface area (Å²) < 4.78 is 40.9. The molecule has 1 aromatic heterocycles. The van der Waals surface area contributed by atoms with Crippen LogP contribution in [0.5, 0.6) is 0 Å². The zero-order chi connectivity index (χ0) is 25.8. The minimum absolute atomic E-state index is 0.0373. The molecule has 0 saturated carbocycles. The molecule has 0 atom stereocenters. The fourth-order valence-electron chi connectivity index (χ4n) is 4.01. The summed E-state index contributed by atoms with van der Waals surface area (Å²) in [6, 6.07) is 16.2. The second-order valence-electron chi connectivity index (χ2n) is 8.05. The highest BCUT2D eigenvalue weighted by Crippen LogP contribution is 2.31. The Bertz CT molecular complexity index is 1280. The van der Waals surface area contributed by atoms with E-state index in [4.69, 9.17) is 0 Å². The van der Waals surface area contributed by atoms with E-state index in [2.05, 4.69) is 36.2 Å². The number of aryl methyl sites for hydroxylation is 1. The maximum absolute atomic E-state index is 13.0. The minimum atomic E-state index is -4.53. The van der Waals surface area contributed by atoms with Crippen molar-refractivity contribution < 1.29 is 18.0 Å². The Hall–Kier alpha value is -3.99. The van der Waals surface area contributed by atoms with E-state index in [1.54, 1.807) is 0 Å². The Morgan fingerprint density at radius 2 is 1.74 bits per heavy atom. The lowest BCUT2D eigenvalue weighted by Crippen LogP contribution is -2.21. The smallest absolute Gasteiger partial charge is 0.372 e. The molecule has 1 heterocycles. The van der Waals surface area contributed by atoms with Gasteiger partial charge in [-0.25, -0.2) is 0 Å². The molecule has 0 saturated heterocycles. The average molecular weight is 481 g/mol. The number of amides is 1. The summed E-state index contributed by atoms with van der Waals surface area (Å²) in [5.41, 5.74) is 3.36. The number of alkyl halides is 3. The topological polar surface area (TPSA) is 61.1 Å². The van der Waals surface area contributed by atoms with Gasteiger partial charge in [-0.3, -0.25) is 4.79 Å². The van der Waals surface area contributed by atoms with E-state index >= 15 is 0 Å². The van der Waals surface area contributed by atoms with Gasteiger partial charge in [0.2, 0.25) is 0 Å². The second kappa shape index (κ2) is 10.5. The first-order valence-corrected chi connectivity index (χ1v) is 11.2. The maximum Gasteiger partial charge on any atom is 0.416 e. The first-order chi connectivity index (χ1) is 16.6. The summed E-state index contributed by atoms with van der Waals surface area (Å²) in [7, 11) is 0. The Labute approximate surface area is 203 Å². The summed E-state index contributed by atoms with van der Waals surface area (Å²) in [5, 5.41) is 11.9. The van der Waals surface area contributed by atoms with Gasteiger partial charge in [0.1, 0.15) is 11.6 Å². The predicted molar refractivity (Wildman–Crippen MR) is 132 cm³/mol. The van der Waals surface area contributed by atoms with Crippen LogP contribution in [0.4, 0.5) is 24.5 Å². The molecule has 2 aromatic carbocycles. The highest BCUT2D eigenvalue weighted by Gasteiger charge is 2.30. The molecule has 0 fully saturated rings. The van der Waals surface area contributed by atoms with Crippen LogP contribution in [-0.4, -0.2) is 23.6 Å². The third-order valence-corrected chi connectivity index (χ3v) is 5.82. The van der Waals surface area contributed by atoms with Crippen LogP contribution in [0.25, 0.3) is 11.8 Å². The number of benzene rings is 2. The SMILES string of the molecule is CCN(CC)c1ccc(-n2c(C)cc(/C=C(/C#N)C(=O)Nc3cccc(C(F)(F)F)c3)c2C)cc1. The van der Waals surface area contributed by atoms with Crippen molar-refractivity contribution in [1.29, 1.82) is 5.26 Å². The van der Waals surface area contributed by atoms with Crippen molar-refractivity contribution in [1.82, 2.24) is 4.57 Å². The minimum Gasteiger partial charge on any atom is -0.372 e. The van der Waals surface area contributed by atoms with Crippen molar-refractivity contribution in [3.8, 4) is 11.8 Å². The molecule has 8 heteroatoms. The molecule has 3 rings (SSSR count). The van der Waals surface area contributed by atoms with Crippen LogP contribution in [0.1, 0.15) is 36.4 Å². The Morgan fingerprint density at radius 1 is 1.09 bits per heavy atom. The lowest BCUT2D eigenvalue weighted by molar-refractivity contribution is -0.137. The summed E-state index contributed by atoms with van der Waals surface area (Å²) in [5.74, 6) is -0.778. The molecule has 1 amide bonds. The van der Waals surface area contributed by atoms with Crippen molar-refractivity contribution in [3.05, 3.63) is 82.7 Å². The van der Waals surface area contributed by atoms with Gasteiger partial charge in [-0.15, -0.1) is 0 Å². The van der Waals surface area contributed by atoms with Gasteiger partial charge >= 0.3 is 6.18 Å². The third kappa shape index (κ3) is 5.75. The summed E-state index contributed by atoms with van der Waals surface area (Å²) >= 11 is 0. The monoisotopic (exact) mass is 480 g/mol. The quantitative estimate of drug-likeness (QED) is 0.310. The normalized spacial score (nSPS) is 11.8. The van der Waals surface area contributed by atoms with E-state index < -0.39 is 17.6 Å². The van der Waals surface area contributed by atoms with E-state index in [1.807, 2.05) is 42.7 Å². The summed E-state index contributed by atoms with van der Waals surface area (Å²) in [4.78, 5) is 14.9. The Balaban J connectivity index is 1.88. The molecular formula is C27H27F3N4O. The highest BCUT2D eigenvalue weighted by molar-refractivity contribution is 6.09. The molecule has 0 unspecified atom stereocenters. The molecule has 0 aliphatic rings. The number of aromatic nitrogens is 1. The molecule has 3 aromatic rings. The molecule has 0 aliphatic heterocycles. The third-order valence-electron chi connectivity index (χ3n) is 5.82. The number of hydrogen-bond acceptors (Lipinski definition) is 3. The van der Waals surface area contributed by atoms with E-state index in [9.17, 15) is 23.2 Å². The Morgan fingerprint density at radius 3 is 2.31 bits per heavy atom. The Kier molecular flexibility index (Phi) is 7.70. The second-order valence-corrected chi connectivity index (χ2v) is 8.05. The lowest BCUT2D eigenvalue weighted by Gasteiger charge is -2.21. The van der Waals surface area contributed by atoms with Gasteiger partial charge in [0.15, 0.2) is 0 Å². The first-order valence-electron chi connectivity index (χ1n) is 11.2. The van der Waals surface area contributed by atoms with E-state index in [0.717, 1.165) is 48.0 Å². The van der Waals surface area contributed by atoms with Gasteiger partial charge < -0.3 is 14.8 Å². The van der Waals surface area contributed by atoms with Crippen molar-refractivity contribution in [3.63, 3.8) is 0 Å². The number of anilines is 2. The van der Waals surface area contributed by atoms with Crippen LogP contribution >= 0.6 is 0 Å². The fraction of sp³-hybridized carbons (Fsp3) is 0.259. The molecule has 5 nitrogen and oxygen atoms in total. The number of hydrogen-bond donors (Lipinski definition) is 1. The van der Waals surface area contributed by atoms with Crippen LogP contribution in [0.3, 0.4) is 0 Å². The van der Waals surface area contributed by atoms with Gasteiger partial charge in [0, 0.05) is 41.5 Å². The van der Waals surface area contributed by atoms with Crippen LogP contribution in [0.2, 0.25) is 0 Å². The van der Waals surface area contributed by atoms with Gasteiger partial charge in [-0.1, -0.05) is 6.07 Å². The van der Waals surface area contributed by atoms with Crippen molar-refractivity contribution >= 4 is 23.4 Å². The zero-order valence-electron chi connectivity index (χ0n) is 20.1. The summed E-state index contributed by atoms with van der Waals surface area (Å²) in [6.07, 6.45) is -3.08. The maximum atomic E-state index is 13.0. The fourth-order valence-corrected chi connectivity index (χ4v) is 4.01. The molecular weight excluding hydrogens is 453 g/mol. The molecule has 0 bridgehead atoms. The highest BCUT2D eigenvalue weighted by atomic mass is 19.4. The largest absolute Gasteiger partial charge is 0.416 e. The average Bonchev–Trinajstić information content (AvgIpc) is 3.11. The zero-order valence-corrected chi connectivity index (χ0v) is 20.1. The van der Waals surface area contributed by atoms with Crippen LogP contribution in [0, 0.1) is 25.2 Å². The lowest BCUT2D eigenvalue weighted by atomic mass is 10.1. The number of halogens is 3. The van der Waals surface area contributed by atoms with Crippen LogP contribution in [0.15, 0.2) is 60.2 Å². The first kappa shape index (κ1) is 25.6. The predicted octanol–water partition coefficient (Wildman–Crippen LogP) is 6.50. The number of carbonyl (C=O) groups excluding carboxylic acids is 1. The molecule has 0 spiro atoms. The van der Waals surface area contributed by atoms with Gasteiger partial charge in [0.25, 0.3) is 5.91 Å². The van der Waals surface area contributed by atoms with Crippen molar-refractivity contribution in [2.75, 3.05) is 23.3 Å². The number of nitrogens with one attached hydrogen (secondary N) is 1. The van der Waals surface area contributed by atoms with Gasteiger partial charge in [-0.2, -0.15) is 18.4 Å². The number of carbonyl (C=O) groups is 1.